The summed E-state index contributed by atoms with van der Waals surface area (Å²) in [6.45, 7) is 2.30. The summed E-state index contributed by atoms with van der Waals surface area (Å²) < 4.78 is 10.4. The molecule has 1 unspecified atom stereocenters. The fourth-order valence-corrected chi connectivity index (χ4v) is 1.12. The van der Waals surface area contributed by atoms with Crippen molar-refractivity contribution in [3.05, 3.63) is 17.8 Å². The average Bonchev–Trinajstić information content (AvgIpc) is 2.18. The van der Waals surface area contributed by atoms with E-state index in [2.05, 4.69) is 4.98 Å². The first kappa shape index (κ1) is 11.3. The first-order valence-electron chi connectivity index (χ1n) is 4.48. The highest BCUT2D eigenvalue weighted by Gasteiger charge is 2.09. The van der Waals surface area contributed by atoms with Gasteiger partial charge in [-0.3, -0.25) is 0 Å². The van der Waals surface area contributed by atoms with E-state index in [0.29, 0.717) is 23.7 Å². The zero-order valence-corrected chi connectivity index (χ0v) is 8.73. The summed E-state index contributed by atoms with van der Waals surface area (Å²) in [5, 5.41) is 8.81. The predicted octanol–water partition coefficient (Wildman–Crippen LogP) is 0.949. The van der Waals surface area contributed by atoms with Crippen molar-refractivity contribution in [1.82, 2.24) is 4.98 Å². The highest BCUT2D eigenvalue weighted by molar-refractivity contribution is 5.47. The van der Waals surface area contributed by atoms with Gasteiger partial charge in [-0.25, -0.2) is 4.98 Å². The number of aromatic nitrogens is 1. The van der Waals surface area contributed by atoms with E-state index in [1.807, 2.05) is 13.0 Å². The first-order chi connectivity index (χ1) is 7.17. The molecule has 1 rings (SSSR count). The molecule has 5 heteroatoms. The lowest BCUT2D eigenvalue weighted by Gasteiger charge is -2.14. The number of ether oxygens (including phenoxy) is 2. The van der Waals surface area contributed by atoms with E-state index < -0.39 is 0 Å². The lowest BCUT2D eigenvalue weighted by atomic mass is 10.2. The second-order valence-corrected chi connectivity index (χ2v) is 3.10. The van der Waals surface area contributed by atoms with E-state index in [1.165, 1.54) is 12.3 Å². The Bertz CT molecular complexity index is 373. The van der Waals surface area contributed by atoms with Gasteiger partial charge in [0, 0.05) is 13.2 Å². The molecule has 5 nitrogen and oxygen atoms in total. The molecule has 1 aromatic heterocycles. The molecule has 1 aromatic rings. The van der Waals surface area contributed by atoms with Gasteiger partial charge in [0.25, 0.3) is 0 Å². The lowest BCUT2D eigenvalue weighted by molar-refractivity contribution is 0.0919. The van der Waals surface area contributed by atoms with Crippen molar-refractivity contribution in [2.45, 2.75) is 13.0 Å². The van der Waals surface area contributed by atoms with Crippen LogP contribution in [0, 0.1) is 11.3 Å². The van der Waals surface area contributed by atoms with Crippen LogP contribution in [-0.2, 0) is 4.74 Å². The van der Waals surface area contributed by atoms with Crippen LogP contribution in [0.4, 0.5) is 5.82 Å². The van der Waals surface area contributed by atoms with Crippen molar-refractivity contribution in [3.8, 4) is 11.8 Å². The van der Waals surface area contributed by atoms with E-state index >= 15 is 0 Å². The number of rotatable bonds is 4. The van der Waals surface area contributed by atoms with Crippen LogP contribution >= 0.6 is 0 Å². The molecule has 0 saturated carbocycles. The standard InChI is InChI=1S/C10H13N3O2/c1-7(6-14-2)15-9-3-10(12)13-5-8(9)4-11/h3,5,7H,6H2,1-2H3,(H2,12,13). The van der Waals surface area contributed by atoms with Crippen LogP contribution in [-0.4, -0.2) is 24.8 Å². The number of nitrogens with two attached hydrogens (primary N) is 1. The smallest absolute Gasteiger partial charge is 0.142 e. The lowest BCUT2D eigenvalue weighted by Crippen LogP contribution is -2.18. The zero-order chi connectivity index (χ0) is 11.3. The van der Waals surface area contributed by atoms with Gasteiger partial charge >= 0.3 is 0 Å². The van der Waals surface area contributed by atoms with Gasteiger partial charge in [-0.05, 0) is 6.92 Å². The van der Waals surface area contributed by atoms with E-state index in [4.69, 9.17) is 20.5 Å². The third-order valence-electron chi connectivity index (χ3n) is 1.74. The number of methoxy groups -OCH3 is 1. The molecule has 0 bridgehead atoms. The minimum Gasteiger partial charge on any atom is -0.487 e. The van der Waals surface area contributed by atoms with Crippen LogP contribution in [0.1, 0.15) is 12.5 Å². The van der Waals surface area contributed by atoms with Crippen molar-refractivity contribution in [3.63, 3.8) is 0 Å². The molecular weight excluding hydrogens is 194 g/mol. The van der Waals surface area contributed by atoms with Crippen molar-refractivity contribution in [2.75, 3.05) is 19.5 Å². The van der Waals surface area contributed by atoms with Gasteiger partial charge in [0.05, 0.1) is 12.8 Å². The molecule has 0 aliphatic rings. The van der Waals surface area contributed by atoms with Crippen LogP contribution in [0.3, 0.4) is 0 Å². The van der Waals surface area contributed by atoms with Crippen LogP contribution < -0.4 is 10.5 Å². The summed E-state index contributed by atoms with van der Waals surface area (Å²) in [7, 11) is 1.59. The Balaban J connectivity index is 2.83. The molecule has 1 heterocycles. The van der Waals surface area contributed by atoms with E-state index in [1.54, 1.807) is 7.11 Å². The number of anilines is 1. The van der Waals surface area contributed by atoms with Crippen molar-refractivity contribution in [2.24, 2.45) is 0 Å². The maximum absolute atomic E-state index is 8.81. The molecule has 0 fully saturated rings. The molecular formula is C10H13N3O2. The van der Waals surface area contributed by atoms with Gasteiger partial charge in [0.2, 0.25) is 0 Å². The van der Waals surface area contributed by atoms with Gasteiger partial charge in [0.15, 0.2) is 0 Å². The number of nitrogens with zero attached hydrogens (tertiary/aromatic N) is 2. The van der Waals surface area contributed by atoms with Crippen molar-refractivity contribution in [1.29, 1.82) is 5.26 Å². The Labute approximate surface area is 88.4 Å². The Hall–Kier alpha value is -1.80. The molecule has 0 aliphatic heterocycles. The summed E-state index contributed by atoms with van der Waals surface area (Å²) >= 11 is 0. The van der Waals surface area contributed by atoms with Crippen LogP contribution in [0.15, 0.2) is 12.3 Å². The Kier molecular flexibility index (Phi) is 3.89. The van der Waals surface area contributed by atoms with Gasteiger partial charge in [0.1, 0.15) is 29.3 Å². The molecule has 15 heavy (non-hydrogen) atoms. The topological polar surface area (TPSA) is 81.2 Å². The maximum atomic E-state index is 8.81. The minimum absolute atomic E-state index is 0.135. The Morgan fingerprint density at radius 2 is 2.40 bits per heavy atom. The first-order valence-corrected chi connectivity index (χ1v) is 4.48. The van der Waals surface area contributed by atoms with Crippen molar-refractivity contribution < 1.29 is 9.47 Å². The molecule has 0 spiro atoms. The van der Waals surface area contributed by atoms with Crippen molar-refractivity contribution >= 4 is 5.82 Å². The summed E-state index contributed by atoms with van der Waals surface area (Å²) in [6.07, 6.45) is 1.26. The van der Waals surface area contributed by atoms with E-state index in [9.17, 15) is 0 Å². The Morgan fingerprint density at radius 1 is 1.67 bits per heavy atom. The number of nitriles is 1. The third kappa shape index (κ3) is 3.11. The van der Waals surface area contributed by atoms with Gasteiger partial charge < -0.3 is 15.2 Å². The van der Waals surface area contributed by atoms with Crippen LogP contribution in [0.5, 0.6) is 5.75 Å². The third-order valence-corrected chi connectivity index (χ3v) is 1.74. The van der Waals surface area contributed by atoms with Crippen LogP contribution in [0.25, 0.3) is 0 Å². The second-order valence-electron chi connectivity index (χ2n) is 3.10. The summed E-state index contributed by atoms with van der Waals surface area (Å²) in [5.74, 6) is 0.767. The summed E-state index contributed by atoms with van der Waals surface area (Å²) in [6, 6.07) is 3.52. The number of nitrogen functional groups attached to an aromatic ring is 1. The molecule has 2 N–H and O–H groups in total. The van der Waals surface area contributed by atoms with Crippen LogP contribution in [0.2, 0.25) is 0 Å². The largest absolute Gasteiger partial charge is 0.487 e. The van der Waals surface area contributed by atoms with Gasteiger partial charge in [-0.2, -0.15) is 5.26 Å². The predicted molar refractivity (Wildman–Crippen MR) is 55.3 cm³/mol. The molecule has 0 saturated heterocycles. The highest BCUT2D eigenvalue weighted by Crippen LogP contribution is 2.20. The molecule has 0 aromatic carbocycles. The number of hydrogen-bond acceptors (Lipinski definition) is 5. The maximum Gasteiger partial charge on any atom is 0.142 e. The molecule has 0 radical (unpaired) electrons. The SMILES string of the molecule is COCC(C)Oc1cc(N)ncc1C#N. The number of hydrogen-bond donors (Lipinski definition) is 1. The number of pyridine rings is 1. The summed E-state index contributed by atoms with van der Waals surface area (Å²) in [5.41, 5.74) is 5.87. The normalized spacial score (nSPS) is 11.8. The fraction of sp³-hybridized carbons (Fsp3) is 0.400. The average molecular weight is 207 g/mol. The monoisotopic (exact) mass is 207 g/mol. The minimum atomic E-state index is -0.135. The second kappa shape index (κ2) is 5.17. The summed E-state index contributed by atoms with van der Waals surface area (Å²) in [4.78, 5) is 3.81. The molecule has 0 amide bonds. The molecule has 1 atom stereocenters. The van der Waals surface area contributed by atoms with E-state index in [-0.39, 0.29) is 6.10 Å². The zero-order valence-electron chi connectivity index (χ0n) is 8.73. The molecule has 0 aliphatic carbocycles. The Morgan fingerprint density at radius 3 is 3.00 bits per heavy atom. The van der Waals surface area contributed by atoms with Gasteiger partial charge in [-0.15, -0.1) is 0 Å². The van der Waals surface area contributed by atoms with E-state index in [0.717, 1.165) is 0 Å². The molecule has 80 valence electrons. The fourth-order valence-electron chi connectivity index (χ4n) is 1.12. The quantitative estimate of drug-likeness (QED) is 0.794. The van der Waals surface area contributed by atoms with Gasteiger partial charge in [-0.1, -0.05) is 0 Å². The highest BCUT2D eigenvalue weighted by atomic mass is 16.5.